The Balaban J connectivity index is 2.36. The van der Waals surface area contributed by atoms with E-state index in [4.69, 9.17) is 9.47 Å². The van der Waals surface area contributed by atoms with Crippen molar-refractivity contribution < 1.29 is 14.3 Å². The van der Waals surface area contributed by atoms with Crippen LogP contribution in [0.25, 0.3) is 0 Å². The van der Waals surface area contributed by atoms with Gasteiger partial charge in [-0.1, -0.05) is 56.9 Å². The summed E-state index contributed by atoms with van der Waals surface area (Å²) in [7, 11) is -1.16. The Bertz CT molecular complexity index is 398. The summed E-state index contributed by atoms with van der Waals surface area (Å²) in [5, 5.41) is 0. The van der Waals surface area contributed by atoms with Crippen molar-refractivity contribution in [1.29, 1.82) is 0 Å². The van der Waals surface area contributed by atoms with Gasteiger partial charge in [-0.2, -0.15) is 0 Å². The second-order valence-corrected chi connectivity index (χ2v) is 11.8. The molecule has 0 fully saturated rings. The van der Waals surface area contributed by atoms with E-state index in [1.54, 1.807) is 0 Å². The minimum atomic E-state index is -1.16. The fourth-order valence-corrected chi connectivity index (χ4v) is 2.39. The van der Waals surface area contributed by atoms with Gasteiger partial charge in [0.15, 0.2) is 6.10 Å². The number of benzene rings is 1. The summed E-state index contributed by atoms with van der Waals surface area (Å²) in [6.45, 7) is 9.70. The van der Waals surface area contributed by atoms with Gasteiger partial charge in [0.2, 0.25) is 0 Å². The highest BCUT2D eigenvalue weighted by molar-refractivity contribution is 6.76. The summed E-state index contributed by atoms with van der Waals surface area (Å²) in [4.78, 5) is 11.9. The predicted molar refractivity (Wildman–Crippen MR) is 84.4 cm³/mol. The molecule has 0 heterocycles. The molecule has 0 radical (unpaired) electrons. The Morgan fingerprint density at radius 2 is 1.85 bits per heavy atom. The quantitative estimate of drug-likeness (QED) is 0.539. The van der Waals surface area contributed by atoms with Crippen molar-refractivity contribution in [1.82, 2.24) is 0 Å². The lowest BCUT2D eigenvalue weighted by atomic mass is 10.2. The molecule has 0 saturated carbocycles. The molecule has 4 heteroatoms. The largest absolute Gasteiger partial charge is 0.464 e. The standard InChI is InChI=1S/C16H26O3Si/c1-5-15(16(17)18-11-12-20(2,3)4)19-13-14-9-7-6-8-10-14/h6-10,15H,5,11-13H2,1-4H3. The Morgan fingerprint density at radius 1 is 1.20 bits per heavy atom. The van der Waals surface area contributed by atoms with E-state index in [1.165, 1.54) is 0 Å². The first-order valence-corrected chi connectivity index (χ1v) is 11.0. The van der Waals surface area contributed by atoms with Crippen LogP contribution in [0.2, 0.25) is 25.7 Å². The van der Waals surface area contributed by atoms with Crippen LogP contribution in [0.3, 0.4) is 0 Å². The highest BCUT2D eigenvalue weighted by Gasteiger charge is 2.20. The van der Waals surface area contributed by atoms with Gasteiger partial charge in [-0.25, -0.2) is 4.79 Å². The van der Waals surface area contributed by atoms with E-state index in [1.807, 2.05) is 37.3 Å². The van der Waals surface area contributed by atoms with E-state index in [2.05, 4.69) is 19.6 Å². The van der Waals surface area contributed by atoms with Gasteiger partial charge >= 0.3 is 5.97 Å². The molecule has 20 heavy (non-hydrogen) atoms. The van der Waals surface area contributed by atoms with Crippen molar-refractivity contribution in [3.63, 3.8) is 0 Å². The second-order valence-electron chi connectivity index (χ2n) is 6.17. The van der Waals surface area contributed by atoms with Crippen molar-refractivity contribution in [3.05, 3.63) is 35.9 Å². The summed E-state index contributed by atoms with van der Waals surface area (Å²) in [6.07, 6.45) is 0.176. The molecular formula is C16H26O3Si. The molecule has 1 aromatic carbocycles. The third-order valence-corrected chi connectivity index (χ3v) is 4.73. The molecule has 3 nitrogen and oxygen atoms in total. The van der Waals surface area contributed by atoms with Gasteiger partial charge in [0.25, 0.3) is 0 Å². The molecule has 0 aliphatic carbocycles. The van der Waals surface area contributed by atoms with Crippen molar-refractivity contribution in [3.8, 4) is 0 Å². The fourth-order valence-electron chi connectivity index (χ4n) is 1.67. The first kappa shape index (κ1) is 16.9. The monoisotopic (exact) mass is 294 g/mol. The van der Waals surface area contributed by atoms with E-state index < -0.39 is 14.2 Å². The van der Waals surface area contributed by atoms with Gasteiger partial charge in [0, 0.05) is 8.07 Å². The van der Waals surface area contributed by atoms with Crippen LogP contribution >= 0.6 is 0 Å². The van der Waals surface area contributed by atoms with Crippen LogP contribution in [-0.4, -0.2) is 26.8 Å². The van der Waals surface area contributed by atoms with Crippen LogP contribution in [0.15, 0.2) is 30.3 Å². The molecule has 1 atom stereocenters. The van der Waals surface area contributed by atoms with Crippen molar-refractivity contribution in [2.24, 2.45) is 0 Å². The van der Waals surface area contributed by atoms with Crippen molar-refractivity contribution >= 4 is 14.0 Å². The zero-order chi connectivity index (χ0) is 15.0. The molecule has 1 rings (SSSR count). The molecule has 0 aliphatic heterocycles. The Kier molecular flexibility index (Phi) is 6.95. The maximum Gasteiger partial charge on any atom is 0.335 e. The van der Waals surface area contributed by atoms with Crippen molar-refractivity contribution in [2.45, 2.75) is 51.7 Å². The molecule has 0 saturated heterocycles. The van der Waals surface area contributed by atoms with E-state index >= 15 is 0 Å². The highest BCUT2D eigenvalue weighted by atomic mass is 28.3. The molecule has 1 unspecified atom stereocenters. The average molecular weight is 294 g/mol. The van der Waals surface area contributed by atoms with Gasteiger partial charge in [0.05, 0.1) is 13.2 Å². The SMILES string of the molecule is CCC(OCc1ccccc1)C(=O)OCC[Si](C)(C)C. The number of carbonyl (C=O) groups excluding carboxylic acids is 1. The number of carbonyl (C=O) groups is 1. The lowest BCUT2D eigenvalue weighted by Gasteiger charge is -2.18. The summed E-state index contributed by atoms with van der Waals surface area (Å²) in [6, 6.07) is 10.9. The van der Waals surface area contributed by atoms with E-state index in [0.29, 0.717) is 19.6 Å². The molecule has 0 amide bonds. The minimum Gasteiger partial charge on any atom is -0.464 e. The predicted octanol–water partition coefficient (Wildman–Crippen LogP) is 3.86. The van der Waals surface area contributed by atoms with Gasteiger partial charge < -0.3 is 9.47 Å². The third-order valence-electron chi connectivity index (χ3n) is 3.02. The van der Waals surface area contributed by atoms with Gasteiger partial charge in [0.1, 0.15) is 0 Å². The molecule has 112 valence electrons. The second kappa shape index (κ2) is 8.22. The first-order valence-electron chi connectivity index (χ1n) is 7.24. The summed E-state index contributed by atoms with van der Waals surface area (Å²) in [5.41, 5.74) is 1.07. The third kappa shape index (κ3) is 6.87. The zero-order valence-electron chi connectivity index (χ0n) is 13.0. The molecule has 1 aromatic rings. The van der Waals surface area contributed by atoms with Gasteiger partial charge in [-0.05, 0) is 18.0 Å². The van der Waals surface area contributed by atoms with Gasteiger partial charge in [-0.3, -0.25) is 0 Å². The molecule has 0 bridgehead atoms. The molecule has 0 aliphatic rings. The highest BCUT2D eigenvalue weighted by Crippen LogP contribution is 2.10. The van der Waals surface area contributed by atoms with Crippen LogP contribution in [0, 0.1) is 0 Å². The first-order chi connectivity index (χ1) is 9.42. The number of hydrogen-bond acceptors (Lipinski definition) is 3. The van der Waals surface area contributed by atoms with Crippen molar-refractivity contribution in [2.75, 3.05) is 6.61 Å². The smallest absolute Gasteiger partial charge is 0.335 e. The van der Waals surface area contributed by atoms with Crippen LogP contribution in [0.5, 0.6) is 0 Å². The normalized spacial score (nSPS) is 13.0. The number of ether oxygens (including phenoxy) is 2. The molecular weight excluding hydrogens is 268 g/mol. The van der Waals surface area contributed by atoms with E-state index in [0.717, 1.165) is 11.6 Å². The fraction of sp³-hybridized carbons (Fsp3) is 0.562. The number of esters is 1. The summed E-state index contributed by atoms with van der Waals surface area (Å²) >= 11 is 0. The minimum absolute atomic E-state index is 0.235. The van der Waals surface area contributed by atoms with Crippen LogP contribution in [-0.2, 0) is 20.9 Å². The molecule has 0 spiro atoms. The zero-order valence-corrected chi connectivity index (χ0v) is 14.0. The molecule has 0 N–H and O–H groups in total. The maximum atomic E-state index is 11.9. The number of rotatable bonds is 8. The average Bonchev–Trinajstić information content (AvgIpc) is 2.39. The summed E-state index contributed by atoms with van der Waals surface area (Å²) < 4.78 is 11.0. The topological polar surface area (TPSA) is 35.5 Å². The summed E-state index contributed by atoms with van der Waals surface area (Å²) in [5.74, 6) is -0.235. The lowest BCUT2D eigenvalue weighted by Crippen LogP contribution is -2.28. The molecule has 0 aromatic heterocycles. The Morgan fingerprint density at radius 3 is 2.40 bits per heavy atom. The van der Waals surface area contributed by atoms with Gasteiger partial charge in [-0.15, -0.1) is 0 Å². The lowest BCUT2D eigenvalue weighted by molar-refractivity contribution is -0.157. The van der Waals surface area contributed by atoms with E-state index in [-0.39, 0.29) is 5.97 Å². The Labute approximate surface area is 123 Å². The number of hydrogen-bond donors (Lipinski definition) is 0. The van der Waals surface area contributed by atoms with Crippen LogP contribution in [0.1, 0.15) is 18.9 Å². The Hall–Kier alpha value is -1.13. The van der Waals surface area contributed by atoms with Crippen LogP contribution < -0.4 is 0 Å². The van der Waals surface area contributed by atoms with E-state index in [9.17, 15) is 4.79 Å². The maximum absolute atomic E-state index is 11.9. The van der Waals surface area contributed by atoms with Crippen LogP contribution in [0.4, 0.5) is 0 Å².